The number of esters is 1. The topological polar surface area (TPSA) is 108 Å². The zero-order valence-electron chi connectivity index (χ0n) is 11.5. The third-order valence-electron chi connectivity index (χ3n) is 3.29. The molecule has 1 aliphatic heterocycles. The number of methoxy groups -OCH3 is 1. The van der Waals surface area contributed by atoms with Crippen LogP contribution in [0.2, 0.25) is 0 Å². The molecule has 1 amide bonds. The molecule has 1 fully saturated rings. The van der Waals surface area contributed by atoms with Gasteiger partial charge in [-0.1, -0.05) is 0 Å². The fourth-order valence-corrected chi connectivity index (χ4v) is 2.21. The van der Waals surface area contributed by atoms with E-state index < -0.39 is 23.7 Å². The lowest BCUT2D eigenvalue weighted by Crippen LogP contribution is -2.53. The molecule has 1 saturated heterocycles. The van der Waals surface area contributed by atoms with Gasteiger partial charge in [0, 0.05) is 12.2 Å². The highest BCUT2D eigenvalue weighted by Gasteiger charge is 2.30. The van der Waals surface area contributed by atoms with E-state index in [9.17, 15) is 14.0 Å². The van der Waals surface area contributed by atoms with Crippen molar-refractivity contribution in [3.8, 4) is 0 Å². The molecule has 0 spiro atoms. The summed E-state index contributed by atoms with van der Waals surface area (Å²) in [6.07, 6.45) is 0. The Morgan fingerprint density at radius 3 is 2.81 bits per heavy atom. The van der Waals surface area contributed by atoms with E-state index in [4.69, 9.17) is 16.2 Å². The van der Waals surface area contributed by atoms with Crippen LogP contribution < -0.4 is 16.4 Å². The van der Waals surface area contributed by atoms with Crippen molar-refractivity contribution in [3.63, 3.8) is 0 Å². The van der Waals surface area contributed by atoms with E-state index in [1.54, 1.807) is 0 Å². The van der Waals surface area contributed by atoms with E-state index in [1.807, 2.05) is 0 Å². The minimum absolute atomic E-state index is 0.0311. The summed E-state index contributed by atoms with van der Waals surface area (Å²) >= 11 is 0. The third-order valence-corrected chi connectivity index (χ3v) is 3.29. The van der Waals surface area contributed by atoms with Gasteiger partial charge in [-0.2, -0.15) is 0 Å². The lowest BCUT2D eigenvalue weighted by molar-refractivity contribution is -0.121. The molecule has 0 saturated carbocycles. The molecule has 0 aromatic heterocycles. The van der Waals surface area contributed by atoms with E-state index in [0.717, 1.165) is 6.07 Å². The quantitative estimate of drug-likeness (QED) is 0.595. The predicted molar refractivity (Wildman–Crippen MR) is 73.3 cm³/mol. The number of rotatable bonds is 3. The molecule has 0 bridgehead atoms. The van der Waals surface area contributed by atoms with Crippen molar-refractivity contribution in [3.05, 3.63) is 23.5 Å². The van der Waals surface area contributed by atoms with Crippen molar-refractivity contribution >= 4 is 23.3 Å². The third kappa shape index (κ3) is 2.89. The first kappa shape index (κ1) is 15.0. The number of ether oxygens (including phenoxy) is 2. The van der Waals surface area contributed by atoms with Crippen molar-refractivity contribution in [2.75, 3.05) is 37.5 Å². The van der Waals surface area contributed by atoms with Crippen LogP contribution in [-0.4, -0.2) is 44.8 Å². The van der Waals surface area contributed by atoms with Gasteiger partial charge in [-0.3, -0.25) is 4.79 Å². The number of amides is 1. The maximum atomic E-state index is 14.2. The monoisotopic (exact) mass is 297 g/mol. The van der Waals surface area contributed by atoms with E-state index >= 15 is 0 Å². The first-order valence-corrected chi connectivity index (χ1v) is 6.26. The van der Waals surface area contributed by atoms with Crippen LogP contribution >= 0.6 is 0 Å². The number of hydrogen-bond donors (Lipinski definition) is 2. The molecule has 114 valence electrons. The molecule has 1 aliphatic rings. The predicted octanol–water partition coefficient (Wildman–Crippen LogP) is -0.115. The highest BCUT2D eigenvalue weighted by atomic mass is 19.1. The van der Waals surface area contributed by atoms with E-state index in [2.05, 4.69) is 4.74 Å². The second kappa shape index (κ2) is 5.96. The summed E-state index contributed by atoms with van der Waals surface area (Å²) in [5.74, 6) is -1.96. The van der Waals surface area contributed by atoms with Crippen molar-refractivity contribution < 1.29 is 23.5 Å². The molecular formula is C13H16FN3O4. The second-order valence-electron chi connectivity index (χ2n) is 4.57. The zero-order valence-corrected chi connectivity index (χ0v) is 11.5. The van der Waals surface area contributed by atoms with Crippen LogP contribution in [0, 0.1) is 5.82 Å². The first-order valence-electron chi connectivity index (χ1n) is 6.26. The molecule has 1 heterocycles. The molecule has 8 heteroatoms. The summed E-state index contributed by atoms with van der Waals surface area (Å²) in [5.41, 5.74) is 11.0. The van der Waals surface area contributed by atoms with Crippen LogP contribution in [0.5, 0.6) is 0 Å². The van der Waals surface area contributed by atoms with Crippen molar-refractivity contribution in [1.82, 2.24) is 0 Å². The molecule has 4 N–H and O–H groups in total. The van der Waals surface area contributed by atoms with Gasteiger partial charge >= 0.3 is 5.97 Å². The standard InChI is InChI=1S/C13H16FN3O4/c1-20-13(19)7-4-10(8(14)5-9(7)15)17-2-3-21-6-11(17)12(16)18/h4-5,11H,2-3,6,15H2,1H3,(H2,16,18). The smallest absolute Gasteiger partial charge is 0.340 e. The molecule has 1 aromatic rings. The fourth-order valence-electron chi connectivity index (χ4n) is 2.21. The second-order valence-corrected chi connectivity index (χ2v) is 4.57. The largest absolute Gasteiger partial charge is 0.465 e. The van der Waals surface area contributed by atoms with Crippen molar-refractivity contribution in [2.45, 2.75) is 6.04 Å². The van der Waals surface area contributed by atoms with Crippen LogP contribution in [0.15, 0.2) is 12.1 Å². The van der Waals surface area contributed by atoms with Gasteiger partial charge in [-0.05, 0) is 12.1 Å². The normalized spacial score (nSPS) is 18.4. The lowest BCUT2D eigenvalue weighted by atomic mass is 10.1. The number of nitrogens with zero attached hydrogens (tertiary/aromatic N) is 1. The Balaban J connectivity index is 2.46. The summed E-state index contributed by atoms with van der Waals surface area (Å²) < 4.78 is 23.9. The van der Waals surface area contributed by atoms with E-state index in [0.29, 0.717) is 6.61 Å². The maximum Gasteiger partial charge on any atom is 0.340 e. The Morgan fingerprint density at radius 1 is 1.48 bits per heavy atom. The molecule has 1 aromatic carbocycles. The summed E-state index contributed by atoms with van der Waals surface area (Å²) in [7, 11) is 1.20. The number of carbonyl (C=O) groups excluding carboxylic acids is 2. The van der Waals surface area contributed by atoms with E-state index in [1.165, 1.54) is 18.1 Å². The number of anilines is 2. The number of carbonyl (C=O) groups is 2. The van der Waals surface area contributed by atoms with Gasteiger partial charge < -0.3 is 25.8 Å². The Labute approximate surface area is 120 Å². The first-order chi connectivity index (χ1) is 9.95. The highest BCUT2D eigenvalue weighted by Crippen LogP contribution is 2.28. The van der Waals surface area contributed by atoms with Gasteiger partial charge in [-0.25, -0.2) is 9.18 Å². The molecule has 2 rings (SSSR count). The van der Waals surface area contributed by atoms with Crippen LogP contribution in [0.25, 0.3) is 0 Å². The molecule has 7 nitrogen and oxygen atoms in total. The molecule has 0 radical (unpaired) electrons. The number of benzene rings is 1. The summed E-state index contributed by atoms with van der Waals surface area (Å²) in [6, 6.07) is 1.48. The van der Waals surface area contributed by atoms with Gasteiger partial charge in [0.2, 0.25) is 5.91 Å². The fraction of sp³-hybridized carbons (Fsp3) is 0.385. The number of morpholine rings is 1. The average molecular weight is 297 g/mol. The minimum Gasteiger partial charge on any atom is -0.465 e. The molecule has 0 aliphatic carbocycles. The minimum atomic E-state index is -0.803. The Bertz CT molecular complexity index is 579. The van der Waals surface area contributed by atoms with Crippen molar-refractivity contribution in [2.24, 2.45) is 5.73 Å². The number of nitrogens with two attached hydrogens (primary N) is 2. The number of hydrogen-bond acceptors (Lipinski definition) is 6. The maximum absolute atomic E-state index is 14.2. The van der Waals surface area contributed by atoms with Gasteiger partial charge in [0.05, 0.1) is 31.6 Å². The number of halogens is 1. The number of primary amides is 1. The summed E-state index contributed by atoms with van der Waals surface area (Å²) in [5, 5.41) is 0. The van der Waals surface area contributed by atoms with Gasteiger partial charge in [-0.15, -0.1) is 0 Å². The van der Waals surface area contributed by atoms with Crippen LogP contribution in [0.3, 0.4) is 0 Å². The summed E-state index contributed by atoms with van der Waals surface area (Å²) in [6.45, 7) is 0.656. The lowest BCUT2D eigenvalue weighted by Gasteiger charge is -2.35. The average Bonchev–Trinajstić information content (AvgIpc) is 2.46. The van der Waals surface area contributed by atoms with Crippen molar-refractivity contribution in [1.29, 1.82) is 0 Å². The Kier molecular flexibility index (Phi) is 4.27. The van der Waals surface area contributed by atoms with E-state index in [-0.39, 0.29) is 30.1 Å². The summed E-state index contributed by atoms with van der Waals surface area (Å²) in [4.78, 5) is 24.6. The van der Waals surface area contributed by atoms with Crippen LogP contribution in [0.1, 0.15) is 10.4 Å². The molecular weight excluding hydrogens is 281 g/mol. The SMILES string of the molecule is COC(=O)c1cc(N2CCOCC2C(N)=O)c(F)cc1N. The molecule has 21 heavy (non-hydrogen) atoms. The van der Waals surface area contributed by atoms with Gasteiger partial charge in [0.1, 0.15) is 11.9 Å². The molecule has 1 atom stereocenters. The highest BCUT2D eigenvalue weighted by molar-refractivity contribution is 5.96. The molecule has 1 unspecified atom stereocenters. The zero-order chi connectivity index (χ0) is 15.6. The Hall–Kier alpha value is -2.35. The number of nitrogen functional groups attached to an aromatic ring is 1. The van der Waals surface area contributed by atoms with Gasteiger partial charge in [0.25, 0.3) is 0 Å². The van der Waals surface area contributed by atoms with Gasteiger partial charge in [0.15, 0.2) is 0 Å². The van der Waals surface area contributed by atoms with Crippen LogP contribution in [-0.2, 0) is 14.3 Å². The van der Waals surface area contributed by atoms with Crippen LogP contribution in [0.4, 0.5) is 15.8 Å². The Morgan fingerprint density at radius 2 is 2.19 bits per heavy atom.